The zero-order chi connectivity index (χ0) is 31.6. The molecule has 0 aliphatic carbocycles. The molecule has 0 amide bonds. The van der Waals surface area contributed by atoms with Crippen molar-refractivity contribution in [2.75, 3.05) is 84.9 Å². The third kappa shape index (κ3) is 6.27. The van der Waals surface area contributed by atoms with Gasteiger partial charge in [-0.1, -0.05) is 67.2 Å². The molecule has 7 nitrogen and oxygen atoms in total. The molecule has 238 valence electrons. The second kappa shape index (κ2) is 13.2. The summed E-state index contributed by atoms with van der Waals surface area (Å²) in [5, 5.41) is 18.1. The maximum Gasteiger partial charge on any atom is 0.112 e. The number of hydrogen-bond donors (Lipinski definition) is 3. The van der Waals surface area contributed by atoms with Crippen LogP contribution in [-0.2, 0) is 11.1 Å². The molecule has 3 aliphatic rings. The van der Waals surface area contributed by atoms with Gasteiger partial charge in [-0.2, -0.15) is 0 Å². The van der Waals surface area contributed by atoms with Crippen molar-refractivity contribution in [3.63, 3.8) is 0 Å². The first kappa shape index (κ1) is 31.7. The predicted molar refractivity (Wildman–Crippen MR) is 185 cm³/mol. The first-order chi connectivity index (χ1) is 21.7. The van der Waals surface area contributed by atoms with Crippen LogP contribution in [0.25, 0.3) is 0 Å². The summed E-state index contributed by atoms with van der Waals surface area (Å²) in [5.41, 5.74) is 8.70. The average molecular weight is 607 g/mol. The van der Waals surface area contributed by atoms with Crippen LogP contribution in [0.5, 0.6) is 0 Å². The van der Waals surface area contributed by atoms with E-state index in [-0.39, 0.29) is 5.54 Å². The van der Waals surface area contributed by atoms with Crippen LogP contribution >= 0.6 is 0 Å². The summed E-state index contributed by atoms with van der Waals surface area (Å²) >= 11 is 0. The molecule has 3 fully saturated rings. The van der Waals surface area contributed by atoms with Crippen molar-refractivity contribution in [3.8, 4) is 0 Å². The second-order valence-electron chi connectivity index (χ2n) is 13.4. The molecular weight excluding hydrogens is 556 g/mol. The fraction of sp³-hybridized carbons (Fsp3) is 0.447. The van der Waals surface area contributed by atoms with Gasteiger partial charge < -0.3 is 20.6 Å². The summed E-state index contributed by atoms with van der Waals surface area (Å²) in [6.07, 6.45) is 1.61. The minimum absolute atomic E-state index is 0.302. The summed E-state index contributed by atoms with van der Waals surface area (Å²) in [6, 6.07) is 27.8. The number of nitrogens with one attached hydrogen (secondary N) is 2. The van der Waals surface area contributed by atoms with Crippen LogP contribution in [-0.4, -0.2) is 99.9 Å². The Hall–Kier alpha value is -3.26. The Labute approximate surface area is 269 Å². The van der Waals surface area contributed by atoms with E-state index in [4.69, 9.17) is 0 Å². The molecule has 3 heterocycles. The Bertz CT molecular complexity index is 1480. The first-order valence-corrected chi connectivity index (χ1v) is 16.4. The van der Waals surface area contributed by atoms with Crippen molar-refractivity contribution in [2.24, 2.45) is 0 Å². The lowest BCUT2D eigenvalue weighted by Gasteiger charge is -2.47. The Morgan fingerprint density at radius 1 is 0.800 bits per heavy atom. The van der Waals surface area contributed by atoms with Crippen LogP contribution in [0.2, 0.25) is 0 Å². The van der Waals surface area contributed by atoms with Gasteiger partial charge in [0.1, 0.15) is 5.60 Å². The highest BCUT2D eigenvalue weighted by atomic mass is 16.3. The van der Waals surface area contributed by atoms with Gasteiger partial charge in [-0.25, -0.2) is 0 Å². The molecule has 0 bridgehead atoms. The standard InChI is InChI=1S/C38H50N6O/c1-6-19-37(2,45)31-13-15-33(16-14-31)38(28-40-21-23-43(38)5)32-11-7-30(8-12-32)36-27-44(25-24-42(36)4)34-17-9-29(10-18-34)35-26-39-20-22-41(35)3/h7-19,35-36,39-40,45H,1,20-28H2,2-5H3. The molecule has 0 radical (unpaired) electrons. The molecule has 45 heavy (non-hydrogen) atoms. The molecule has 6 rings (SSSR count). The largest absolute Gasteiger partial charge is 0.381 e. The van der Waals surface area contributed by atoms with Crippen molar-refractivity contribution in [2.45, 2.75) is 30.1 Å². The highest BCUT2D eigenvalue weighted by Crippen LogP contribution is 2.38. The number of anilines is 1. The van der Waals surface area contributed by atoms with Gasteiger partial charge in [-0.3, -0.25) is 14.7 Å². The normalized spacial score (nSPS) is 26.6. The van der Waals surface area contributed by atoms with E-state index in [0.29, 0.717) is 12.1 Å². The Balaban J connectivity index is 1.23. The second-order valence-corrected chi connectivity index (χ2v) is 13.4. The summed E-state index contributed by atoms with van der Waals surface area (Å²) in [4.78, 5) is 9.96. The Kier molecular flexibility index (Phi) is 9.32. The number of aliphatic hydroxyl groups is 1. The maximum absolute atomic E-state index is 10.9. The van der Waals surface area contributed by atoms with Crippen LogP contribution in [0, 0.1) is 0 Å². The van der Waals surface area contributed by atoms with E-state index in [2.05, 4.69) is 124 Å². The molecule has 4 atom stereocenters. The van der Waals surface area contributed by atoms with Gasteiger partial charge in [0.25, 0.3) is 0 Å². The third-order valence-corrected chi connectivity index (χ3v) is 10.6. The lowest BCUT2D eigenvalue weighted by atomic mass is 9.78. The SMILES string of the molecule is C=C=CC(C)(O)c1ccc(C2(c3ccc(C4CN(c5ccc(C6CNCCN6C)cc5)CCN4C)cc3)CNCCN2C)cc1. The van der Waals surface area contributed by atoms with Gasteiger partial charge in [0, 0.05) is 70.6 Å². The summed E-state index contributed by atoms with van der Waals surface area (Å²) in [5.74, 6) is 0. The van der Waals surface area contributed by atoms with E-state index in [1.54, 1.807) is 13.0 Å². The average Bonchev–Trinajstić information content (AvgIpc) is 3.06. The number of piperazine rings is 3. The quantitative estimate of drug-likeness (QED) is 0.351. The highest BCUT2D eigenvalue weighted by molar-refractivity contribution is 5.50. The smallest absolute Gasteiger partial charge is 0.112 e. The minimum Gasteiger partial charge on any atom is -0.381 e. The van der Waals surface area contributed by atoms with E-state index in [0.717, 1.165) is 64.5 Å². The van der Waals surface area contributed by atoms with Crippen molar-refractivity contribution in [1.82, 2.24) is 25.3 Å². The van der Waals surface area contributed by atoms with Gasteiger partial charge in [-0.05, 0) is 74.1 Å². The van der Waals surface area contributed by atoms with Gasteiger partial charge in [-0.15, -0.1) is 5.73 Å². The number of hydrogen-bond acceptors (Lipinski definition) is 7. The van der Waals surface area contributed by atoms with Crippen molar-refractivity contribution >= 4 is 5.69 Å². The molecule has 3 aliphatic heterocycles. The zero-order valence-electron chi connectivity index (χ0n) is 27.5. The molecule has 4 unspecified atom stereocenters. The third-order valence-electron chi connectivity index (χ3n) is 10.6. The summed E-state index contributed by atoms with van der Waals surface area (Å²) in [6.45, 7) is 14.3. The number of benzene rings is 3. The number of likely N-dealkylation sites (N-methyl/N-ethyl adjacent to an activating group) is 3. The molecule has 0 saturated carbocycles. The zero-order valence-corrected chi connectivity index (χ0v) is 27.5. The van der Waals surface area contributed by atoms with E-state index in [9.17, 15) is 5.11 Å². The monoisotopic (exact) mass is 606 g/mol. The van der Waals surface area contributed by atoms with Crippen molar-refractivity contribution < 1.29 is 5.11 Å². The van der Waals surface area contributed by atoms with Crippen molar-refractivity contribution in [1.29, 1.82) is 0 Å². The Morgan fingerprint density at radius 3 is 2.04 bits per heavy atom. The van der Waals surface area contributed by atoms with Gasteiger partial charge >= 0.3 is 0 Å². The maximum atomic E-state index is 10.9. The fourth-order valence-corrected chi connectivity index (χ4v) is 7.55. The lowest BCUT2D eigenvalue weighted by molar-refractivity contribution is 0.110. The molecule has 0 spiro atoms. The van der Waals surface area contributed by atoms with E-state index in [1.807, 2.05) is 12.1 Å². The van der Waals surface area contributed by atoms with E-state index in [1.165, 1.54) is 27.9 Å². The van der Waals surface area contributed by atoms with E-state index < -0.39 is 5.60 Å². The fourth-order valence-electron chi connectivity index (χ4n) is 7.55. The van der Waals surface area contributed by atoms with Crippen molar-refractivity contribution in [3.05, 3.63) is 119 Å². The molecule has 3 N–H and O–H groups in total. The molecule has 7 heteroatoms. The molecular formula is C38H50N6O. The molecule has 3 saturated heterocycles. The number of rotatable bonds is 7. The first-order valence-electron chi connectivity index (χ1n) is 16.4. The van der Waals surface area contributed by atoms with Crippen LogP contribution in [0.3, 0.4) is 0 Å². The summed E-state index contributed by atoms with van der Waals surface area (Å²) in [7, 11) is 6.70. The van der Waals surface area contributed by atoms with E-state index >= 15 is 0 Å². The van der Waals surface area contributed by atoms with Crippen LogP contribution in [0.1, 0.15) is 46.8 Å². The minimum atomic E-state index is -1.10. The van der Waals surface area contributed by atoms with Crippen LogP contribution in [0.15, 0.2) is 91.2 Å². The molecule has 3 aromatic rings. The molecule has 3 aromatic carbocycles. The van der Waals surface area contributed by atoms with Gasteiger partial charge in [0.05, 0.1) is 11.6 Å². The Morgan fingerprint density at radius 2 is 1.40 bits per heavy atom. The van der Waals surface area contributed by atoms with Crippen LogP contribution < -0.4 is 15.5 Å². The summed E-state index contributed by atoms with van der Waals surface area (Å²) < 4.78 is 0. The topological polar surface area (TPSA) is 57.3 Å². The molecule has 0 aromatic heterocycles. The number of nitrogens with zero attached hydrogens (tertiary/aromatic N) is 4. The van der Waals surface area contributed by atoms with Gasteiger partial charge in [0.15, 0.2) is 0 Å². The van der Waals surface area contributed by atoms with Crippen LogP contribution in [0.4, 0.5) is 5.69 Å². The lowest BCUT2D eigenvalue weighted by Crippen LogP contribution is -2.58. The van der Waals surface area contributed by atoms with Gasteiger partial charge in [0.2, 0.25) is 0 Å². The predicted octanol–water partition coefficient (Wildman–Crippen LogP) is 4.08. The highest BCUT2D eigenvalue weighted by Gasteiger charge is 2.40.